The van der Waals surface area contributed by atoms with E-state index < -0.39 is 22.3 Å². The van der Waals surface area contributed by atoms with Gasteiger partial charge in [0, 0.05) is 33.1 Å². The summed E-state index contributed by atoms with van der Waals surface area (Å²) in [5.74, 6) is -1.51. The third kappa shape index (κ3) is 3.67. The van der Waals surface area contributed by atoms with E-state index >= 15 is 0 Å². The zero-order valence-electron chi connectivity index (χ0n) is 11.1. The van der Waals surface area contributed by atoms with E-state index in [0.29, 0.717) is 0 Å². The number of amides is 2. The number of nitro groups is 1. The lowest BCUT2D eigenvalue weighted by atomic mass is 10.1. The number of carbonyl (C=O) groups is 2. The quantitative estimate of drug-likeness (QED) is 0.603. The molecule has 108 valence electrons. The first kappa shape index (κ1) is 15.4. The zero-order valence-corrected chi connectivity index (χ0v) is 11.1. The number of nitrogens with one attached hydrogen (secondary N) is 1. The monoisotopic (exact) mass is 281 g/mol. The number of nitro benzene ring substituents is 1. The molecule has 0 aliphatic rings. The van der Waals surface area contributed by atoms with E-state index in [1.165, 1.54) is 17.0 Å². The summed E-state index contributed by atoms with van der Waals surface area (Å²) < 4.78 is 0. The largest absolute Gasteiger partial charge is 0.502 e. The number of phenolic OH excluding ortho intramolecular Hbond substituents is 1. The molecule has 1 rings (SSSR count). The lowest BCUT2D eigenvalue weighted by Crippen LogP contribution is -2.30. The summed E-state index contributed by atoms with van der Waals surface area (Å²) in [6.45, 7) is 0.0813. The van der Waals surface area contributed by atoms with Crippen molar-refractivity contribution in [1.29, 1.82) is 0 Å². The Morgan fingerprint density at radius 2 is 2.05 bits per heavy atom. The lowest BCUT2D eigenvalue weighted by Gasteiger charge is -2.10. The van der Waals surface area contributed by atoms with Crippen molar-refractivity contribution in [2.45, 2.75) is 6.42 Å². The molecule has 0 aromatic heterocycles. The van der Waals surface area contributed by atoms with Crippen LogP contribution < -0.4 is 5.32 Å². The van der Waals surface area contributed by atoms with Crippen molar-refractivity contribution in [2.24, 2.45) is 0 Å². The van der Waals surface area contributed by atoms with Gasteiger partial charge in [0.05, 0.1) is 10.5 Å². The smallest absolute Gasteiger partial charge is 0.311 e. The zero-order chi connectivity index (χ0) is 15.3. The summed E-state index contributed by atoms with van der Waals surface area (Å²) in [7, 11) is 3.19. The molecule has 20 heavy (non-hydrogen) atoms. The SMILES string of the molecule is CN(C)C(=O)CCNC(=O)c1cccc([N+](=O)[O-])c1O. The maximum atomic E-state index is 11.8. The molecular formula is C12H15N3O5. The van der Waals surface area contributed by atoms with Gasteiger partial charge in [-0.1, -0.05) is 6.07 Å². The minimum Gasteiger partial charge on any atom is -0.502 e. The Morgan fingerprint density at radius 3 is 2.60 bits per heavy atom. The molecule has 0 saturated heterocycles. The van der Waals surface area contributed by atoms with E-state index in [4.69, 9.17) is 0 Å². The highest BCUT2D eigenvalue weighted by Crippen LogP contribution is 2.28. The van der Waals surface area contributed by atoms with E-state index in [-0.39, 0.29) is 24.4 Å². The molecular weight excluding hydrogens is 266 g/mol. The number of nitrogens with zero attached hydrogens (tertiary/aromatic N) is 2. The Labute approximate surface area is 115 Å². The highest BCUT2D eigenvalue weighted by atomic mass is 16.6. The fraction of sp³-hybridized carbons (Fsp3) is 0.333. The van der Waals surface area contributed by atoms with Crippen LogP contribution in [0.25, 0.3) is 0 Å². The minimum atomic E-state index is -0.776. The predicted molar refractivity (Wildman–Crippen MR) is 70.4 cm³/mol. The molecule has 0 aliphatic heterocycles. The van der Waals surface area contributed by atoms with Crippen LogP contribution in [0.3, 0.4) is 0 Å². The number of benzene rings is 1. The van der Waals surface area contributed by atoms with Gasteiger partial charge in [0.25, 0.3) is 5.91 Å². The first-order chi connectivity index (χ1) is 9.34. The summed E-state index contributed by atoms with van der Waals surface area (Å²) in [4.78, 5) is 34.3. The van der Waals surface area contributed by atoms with Crippen molar-refractivity contribution in [3.8, 4) is 5.75 Å². The van der Waals surface area contributed by atoms with E-state index in [1.54, 1.807) is 14.1 Å². The average Bonchev–Trinajstić information content (AvgIpc) is 2.38. The summed E-state index contributed by atoms with van der Waals surface area (Å²) in [6.07, 6.45) is 0.106. The van der Waals surface area contributed by atoms with Gasteiger partial charge in [-0.05, 0) is 6.07 Å². The van der Waals surface area contributed by atoms with Crippen molar-refractivity contribution >= 4 is 17.5 Å². The van der Waals surface area contributed by atoms with Crippen LogP contribution in [-0.4, -0.2) is 47.4 Å². The molecule has 1 aromatic carbocycles. The average molecular weight is 281 g/mol. The topological polar surface area (TPSA) is 113 Å². The number of carbonyl (C=O) groups excluding carboxylic acids is 2. The summed E-state index contributed by atoms with van der Waals surface area (Å²) in [5.41, 5.74) is -0.737. The molecule has 0 spiro atoms. The second-order valence-corrected chi connectivity index (χ2v) is 4.22. The molecule has 0 unspecified atom stereocenters. The van der Waals surface area contributed by atoms with Crippen LogP contribution in [0.2, 0.25) is 0 Å². The number of hydrogen-bond acceptors (Lipinski definition) is 5. The van der Waals surface area contributed by atoms with Crippen LogP contribution in [0.1, 0.15) is 16.8 Å². The van der Waals surface area contributed by atoms with E-state index in [9.17, 15) is 24.8 Å². The number of aromatic hydroxyl groups is 1. The van der Waals surface area contributed by atoms with Crippen LogP contribution >= 0.6 is 0 Å². The number of para-hydroxylation sites is 1. The molecule has 0 fully saturated rings. The lowest BCUT2D eigenvalue weighted by molar-refractivity contribution is -0.385. The highest BCUT2D eigenvalue weighted by Gasteiger charge is 2.20. The number of hydrogen-bond donors (Lipinski definition) is 2. The molecule has 0 saturated carbocycles. The van der Waals surface area contributed by atoms with E-state index in [1.807, 2.05) is 0 Å². The van der Waals surface area contributed by atoms with Crippen molar-refractivity contribution in [3.63, 3.8) is 0 Å². The summed E-state index contributed by atoms with van der Waals surface area (Å²) in [6, 6.07) is 3.67. The Hall–Kier alpha value is -2.64. The van der Waals surface area contributed by atoms with Crippen molar-refractivity contribution in [3.05, 3.63) is 33.9 Å². The number of phenols is 1. The third-order valence-corrected chi connectivity index (χ3v) is 2.58. The molecule has 0 aliphatic carbocycles. The standard InChI is InChI=1S/C12H15N3O5/c1-14(2)10(16)6-7-13-12(18)8-4-3-5-9(11(8)17)15(19)20/h3-5,17H,6-7H2,1-2H3,(H,13,18). The molecule has 8 heteroatoms. The van der Waals surface area contributed by atoms with Crippen LogP contribution in [0.5, 0.6) is 5.75 Å². The first-order valence-corrected chi connectivity index (χ1v) is 5.79. The molecule has 0 radical (unpaired) electrons. The summed E-state index contributed by atoms with van der Waals surface area (Å²) in [5, 5.41) is 22.7. The van der Waals surface area contributed by atoms with Gasteiger partial charge in [0.1, 0.15) is 0 Å². The normalized spacial score (nSPS) is 9.90. The molecule has 2 N–H and O–H groups in total. The fourth-order valence-electron chi connectivity index (χ4n) is 1.46. The number of rotatable bonds is 5. The fourth-order valence-corrected chi connectivity index (χ4v) is 1.46. The van der Waals surface area contributed by atoms with Crippen molar-refractivity contribution in [1.82, 2.24) is 10.2 Å². The third-order valence-electron chi connectivity index (χ3n) is 2.58. The van der Waals surface area contributed by atoms with E-state index in [2.05, 4.69) is 5.32 Å². The Kier molecular flexibility index (Phi) is 5.01. The Morgan fingerprint density at radius 1 is 1.40 bits per heavy atom. The van der Waals surface area contributed by atoms with Crippen molar-refractivity contribution < 1.29 is 19.6 Å². The Balaban J connectivity index is 2.72. The Bertz CT molecular complexity index is 542. The van der Waals surface area contributed by atoms with Gasteiger partial charge in [-0.25, -0.2) is 0 Å². The summed E-state index contributed by atoms with van der Waals surface area (Å²) >= 11 is 0. The highest BCUT2D eigenvalue weighted by molar-refractivity contribution is 5.98. The first-order valence-electron chi connectivity index (χ1n) is 5.79. The maximum Gasteiger partial charge on any atom is 0.311 e. The molecule has 0 bridgehead atoms. The minimum absolute atomic E-state index is 0.0813. The van der Waals surface area contributed by atoms with Gasteiger partial charge in [-0.2, -0.15) is 0 Å². The van der Waals surface area contributed by atoms with Gasteiger partial charge in [-0.15, -0.1) is 0 Å². The van der Waals surface area contributed by atoms with Crippen LogP contribution in [0.15, 0.2) is 18.2 Å². The molecule has 1 aromatic rings. The van der Waals surface area contributed by atoms with Crippen LogP contribution in [0.4, 0.5) is 5.69 Å². The van der Waals surface area contributed by atoms with Gasteiger partial charge in [0.15, 0.2) is 0 Å². The molecule has 0 heterocycles. The molecule has 2 amide bonds. The van der Waals surface area contributed by atoms with Gasteiger partial charge < -0.3 is 15.3 Å². The maximum absolute atomic E-state index is 11.8. The van der Waals surface area contributed by atoms with Crippen LogP contribution in [-0.2, 0) is 4.79 Å². The molecule has 8 nitrogen and oxygen atoms in total. The van der Waals surface area contributed by atoms with Crippen molar-refractivity contribution in [2.75, 3.05) is 20.6 Å². The predicted octanol–water partition coefficient (Wildman–Crippen LogP) is 0.508. The van der Waals surface area contributed by atoms with Gasteiger partial charge in [0.2, 0.25) is 11.7 Å². The van der Waals surface area contributed by atoms with Gasteiger partial charge >= 0.3 is 5.69 Å². The van der Waals surface area contributed by atoms with Crippen LogP contribution in [0, 0.1) is 10.1 Å². The second-order valence-electron chi connectivity index (χ2n) is 4.22. The van der Waals surface area contributed by atoms with E-state index in [0.717, 1.165) is 6.07 Å². The second kappa shape index (κ2) is 6.50. The molecule has 0 atom stereocenters. The van der Waals surface area contributed by atoms with Gasteiger partial charge in [-0.3, -0.25) is 19.7 Å².